The molecule has 0 fully saturated rings. The van der Waals surface area contributed by atoms with Crippen LogP contribution in [0.2, 0.25) is 0 Å². The van der Waals surface area contributed by atoms with E-state index in [9.17, 15) is 18.4 Å². The summed E-state index contributed by atoms with van der Waals surface area (Å²) in [5.74, 6) is -1.45. The number of rotatable bonds is 1. The summed E-state index contributed by atoms with van der Waals surface area (Å²) in [5.41, 5.74) is 4.34. The van der Waals surface area contributed by atoms with E-state index in [0.717, 1.165) is 28.3 Å². The number of amides is 3. The fraction of sp³-hybridized carbons (Fsp3) is 0.0909. The SMILES string of the molecule is CC(=O)NC(=O)NC1c2ccccc2-c2ccccc21.Fc1cccc(F)c1. The molecule has 0 saturated carbocycles. The number of urea groups is 1. The number of nitrogens with one attached hydrogen (secondary N) is 2. The number of benzene rings is 3. The van der Waals surface area contributed by atoms with E-state index in [4.69, 9.17) is 0 Å². The first kappa shape index (κ1) is 19.2. The summed E-state index contributed by atoms with van der Waals surface area (Å²) in [6.07, 6.45) is 0. The summed E-state index contributed by atoms with van der Waals surface area (Å²) in [5, 5.41) is 5.09. The normalized spacial score (nSPS) is 11.5. The van der Waals surface area contributed by atoms with Gasteiger partial charge < -0.3 is 5.32 Å². The summed E-state index contributed by atoms with van der Waals surface area (Å²) in [7, 11) is 0. The molecule has 0 aliphatic heterocycles. The highest BCUT2D eigenvalue weighted by molar-refractivity contribution is 5.94. The first-order valence-electron chi connectivity index (χ1n) is 8.63. The average Bonchev–Trinajstić information content (AvgIpc) is 2.96. The van der Waals surface area contributed by atoms with Gasteiger partial charge in [-0.3, -0.25) is 10.1 Å². The zero-order valence-electron chi connectivity index (χ0n) is 15.1. The molecule has 0 unspecified atom stereocenters. The lowest BCUT2D eigenvalue weighted by Gasteiger charge is -2.15. The molecule has 28 heavy (non-hydrogen) atoms. The van der Waals surface area contributed by atoms with Crippen molar-refractivity contribution in [1.29, 1.82) is 0 Å². The Morgan fingerprint density at radius 3 is 1.71 bits per heavy atom. The maximum atomic E-state index is 11.9. The highest BCUT2D eigenvalue weighted by atomic mass is 19.1. The predicted octanol–water partition coefficient (Wildman–Crippen LogP) is 4.57. The molecule has 0 aromatic heterocycles. The van der Waals surface area contributed by atoms with Gasteiger partial charge in [-0.2, -0.15) is 0 Å². The Labute approximate surface area is 161 Å². The minimum absolute atomic E-state index is 0.221. The third kappa shape index (κ3) is 4.40. The van der Waals surface area contributed by atoms with Gasteiger partial charge in [-0.15, -0.1) is 0 Å². The molecule has 3 aromatic carbocycles. The largest absolute Gasteiger partial charge is 0.327 e. The highest BCUT2D eigenvalue weighted by Crippen LogP contribution is 2.42. The molecule has 0 atom stereocenters. The Kier molecular flexibility index (Phi) is 5.79. The van der Waals surface area contributed by atoms with Gasteiger partial charge in [0.2, 0.25) is 5.91 Å². The van der Waals surface area contributed by atoms with Crippen molar-refractivity contribution in [2.24, 2.45) is 0 Å². The number of carbonyl (C=O) groups is 2. The van der Waals surface area contributed by atoms with Crippen molar-refractivity contribution in [1.82, 2.24) is 10.6 Å². The zero-order valence-corrected chi connectivity index (χ0v) is 15.1. The minimum atomic E-state index is -0.537. The standard InChI is InChI=1S/C16H14N2O2.C6H4F2/c1-10(19)17-16(20)18-15-13-8-4-2-6-11(13)12-7-3-5-9-14(12)15;7-5-2-1-3-6(8)4-5/h2-9,15H,1H3,(H2,17,18,19,20);1-4H. The smallest absolute Gasteiger partial charge is 0.322 e. The Morgan fingerprint density at radius 2 is 1.29 bits per heavy atom. The number of imide groups is 1. The molecule has 0 spiro atoms. The molecule has 142 valence electrons. The van der Waals surface area contributed by atoms with Crippen LogP contribution in [0.15, 0.2) is 72.8 Å². The van der Waals surface area contributed by atoms with E-state index < -0.39 is 17.7 Å². The second kappa shape index (κ2) is 8.43. The maximum Gasteiger partial charge on any atom is 0.322 e. The monoisotopic (exact) mass is 380 g/mol. The van der Waals surface area contributed by atoms with E-state index in [1.807, 2.05) is 48.5 Å². The number of hydrogen-bond donors (Lipinski definition) is 2. The van der Waals surface area contributed by atoms with E-state index in [2.05, 4.69) is 10.6 Å². The van der Waals surface area contributed by atoms with Gasteiger partial charge >= 0.3 is 6.03 Å². The molecule has 6 heteroatoms. The van der Waals surface area contributed by atoms with Gasteiger partial charge in [-0.25, -0.2) is 13.6 Å². The molecule has 4 nitrogen and oxygen atoms in total. The van der Waals surface area contributed by atoms with Crippen LogP contribution in [-0.2, 0) is 4.79 Å². The van der Waals surface area contributed by atoms with Crippen LogP contribution in [0.3, 0.4) is 0 Å². The lowest BCUT2D eigenvalue weighted by Crippen LogP contribution is -2.40. The summed E-state index contributed by atoms with van der Waals surface area (Å²) < 4.78 is 23.9. The lowest BCUT2D eigenvalue weighted by atomic mass is 10.1. The highest BCUT2D eigenvalue weighted by Gasteiger charge is 2.29. The van der Waals surface area contributed by atoms with Crippen molar-refractivity contribution in [3.63, 3.8) is 0 Å². The topological polar surface area (TPSA) is 58.2 Å². The number of carbonyl (C=O) groups excluding carboxylic acids is 2. The van der Waals surface area contributed by atoms with E-state index in [1.165, 1.54) is 25.1 Å². The van der Waals surface area contributed by atoms with Gasteiger partial charge in [-0.1, -0.05) is 54.6 Å². The summed E-state index contributed by atoms with van der Waals surface area (Å²) in [6.45, 7) is 1.32. The van der Waals surface area contributed by atoms with Crippen LogP contribution in [0, 0.1) is 11.6 Å². The number of halogens is 2. The third-order valence-electron chi connectivity index (χ3n) is 4.19. The van der Waals surface area contributed by atoms with Gasteiger partial charge in [0, 0.05) is 13.0 Å². The molecule has 0 heterocycles. The van der Waals surface area contributed by atoms with Gasteiger partial charge in [0.1, 0.15) is 11.6 Å². The molecule has 3 amide bonds. The van der Waals surface area contributed by atoms with Crippen LogP contribution in [-0.4, -0.2) is 11.9 Å². The molecule has 4 rings (SSSR count). The first-order chi connectivity index (χ1) is 13.5. The van der Waals surface area contributed by atoms with Crippen LogP contribution < -0.4 is 10.6 Å². The number of fused-ring (bicyclic) bond motifs is 3. The van der Waals surface area contributed by atoms with E-state index in [0.29, 0.717) is 0 Å². The fourth-order valence-corrected chi connectivity index (χ4v) is 3.10. The quantitative estimate of drug-likeness (QED) is 0.650. The van der Waals surface area contributed by atoms with Crippen molar-refractivity contribution in [2.75, 3.05) is 0 Å². The van der Waals surface area contributed by atoms with Crippen LogP contribution in [0.1, 0.15) is 24.1 Å². The summed E-state index contributed by atoms with van der Waals surface area (Å²) in [4.78, 5) is 22.7. The van der Waals surface area contributed by atoms with E-state index in [1.54, 1.807) is 0 Å². The van der Waals surface area contributed by atoms with Crippen LogP contribution >= 0.6 is 0 Å². The molecule has 1 aliphatic carbocycles. The van der Waals surface area contributed by atoms with Crippen LogP contribution in [0.5, 0.6) is 0 Å². The fourth-order valence-electron chi connectivity index (χ4n) is 3.10. The molecular weight excluding hydrogens is 362 g/mol. The van der Waals surface area contributed by atoms with Gasteiger partial charge in [0.15, 0.2) is 0 Å². The van der Waals surface area contributed by atoms with E-state index >= 15 is 0 Å². The predicted molar refractivity (Wildman–Crippen MR) is 102 cm³/mol. The van der Waals surface area contributed by atoms with Gasteiger partial charge in [-0.05, 0) is 34.4 Å². The average molecular weight is 380 g/mol. The second-order valence-electron chi connectivity index (χ2n) is 6.20. The molecule has 1 aliphatic rings. The molecular formula is C22H18F2N2O2. The van der Waals surface area contributed by atoms with Crippen LogP contribution in [0.4, 0.5) is 13.6 Å². The van der Waals surface area contributed by atoms with Crippen molar-refractivity contribution in [3.8, 4) is 11.1 Å². The molecule has 0 bridgehead atoms. The molecule has 3 aromatic rings. The Bertz CT molecular complexity index is 958. The zero-order chi connectivity index (χ0) is 20.1. The van der Waals surface area contributed by atoms with E-state index in [-0.39, 0.29) is 11.9 Å². The molecule has 0 radical (unpaired) electrons. The Morgan fingerprint density at radius 1 is 0.786 bits per heavy atom. The maximum absolute atomic E-state index is 11.9. The van der Waals surface area contributed by atoms with Crippen molar-refractivity contribution < 1.29 is 18.4 Å². The minimum Gasteiger partial charge on any atom is -0.327 e. The number of hydrogen-bond acceptors (Lipinski definition) is 2. The summed E-state index contributed by atoms with van der Waals surface area (Å²) >= 11 is 0. The van der Waals surface area contributed by atoms with Crippen LogP contribution in [0.25, 0.3) is 11.1 Å². The summed E-state index contributed by atoms with van der Waals surface area (Å²) in [6, 6.07) is 19.8. The first-order valence-corrected chi connectivity index (χ1v) is 8.63. The van der Waals surface area contributed by atoms with Gasteiger partial charge in [0.05, 0.1) is 6.04 Å². The third-order valence-corrected chi connectivity index (χ3v) is 4.19. The molecule has 2 N–H and O–H groups in total. The molecule has 0 saturated heterocycles. The Balaban J connectivity index is 0.000000236. The van der Waals surface area contributed by atoms with Crippen molar-refractivity contribution in [3.05, 3.63) is 95.6 Å². The Hall–Kier alpha value is -3.54. The second-order valence-corrected chi connectivity index (χ2v) is 6.20. The van der Waals surface area contributed by atoms with Crippen molar-refractivity contribution in [2.45, 2.75) is 13.0 Å². The van der Waals surface area contributed by atoms with Crippen molar-refractivity contribution >= 4 is 11.9 Å². The van der Waals surface area contributed by atoms with Gasteiger partial charge in [0.25, 0.3) is 0 Å². The lowest BCUT2D eigenvalue weighted by molar-refractivity contribution is -0.117.